The Morgan fingerprint density at radius 3 is 2.63 bits per heavy atom. The maximum absolute atomic E-state index is 6.22. The molecule has 0 radical (unpaired) electrons. The molecular weight excluding hydrogens is 234 g/mol. The third-order valence-electron chi connectivity index (χ3n) is 6.26. The Hall–Kier alpha value is -0.0800. The summed E-state index contributed by atoms with van der Waals surface area (Å²) in [4.78, 5) is 0. The van der Waals surface area contributed by atoms with E-state index in [4.69, 9.17) is 4.74 Å². The highest BCUT2D eigenvalue weighted by molar-refractivity contribution is 4.99. The zero-order chi connectivity index (χ0) is 13.3. The molecule has 1 N–H and O–H groups in total. The van der Waals surface area contributed by atoms with Gasteiger partial charge < -0.3 is 10.1 Å². The van der Waals surface area contributed by atoms with E-state index in [2.05, 4.69) is 19.2 Å². The number of hydrogen-bond acceptors (Lipinski definition) is 2. The minimum atomic E-state index is 0.294. The van der Waals surface area contributed by atoms with Crippen LogP contribution in [0.15, 0.2) is 0 Å². The van der Waals surface area contributed by atoms with Gasteiger partial charge in [0.2, 0.25) is 0 Å². The largest absolute Gasteiger partial charge is 0.375 e. The molecule has 19 heavy (non-hydrogen) atoms. The second-order valence-corrected chi connectivity index (χ2v) is 7.58. The lowest BCUT2D eigenvalue weighted by atomic mass is 9.68. The fourth-order valence-electron chi connectivity index (χ4n) is 5.10. The van der Waals surface area contributed by atoms with Gasteiger partial charge in [-0.1, -0.05) is 26.7 Å². The average molecular weight is 265 g/mol. The molecule has 1 heterocycles. The van der Waals surface area contributed by atoms with Gasteiger partial charge in [-0.05, 0) is 62.8 Å². The SMILES string of the molecule is CCNC1CCC(C)(C2CCOC3(CCCC3)C2)C1. The molecule has 3 atom stereocenters. The van der Waals surface area contributed by atoms with Gasteiger partial charge in [0, 0.05) is 12.6 Å². The van der Waals surface area contributed by atoms with Crippen LogP contribution in [0.25, 0.3) is 0 Å². The second-order valence-electron chi connectivity index (χ2n) is 7.58. The molecule has 0 aromatic carbocycles. The summed E-state index contributed by atoms with van der Waals surface area (Å²) in [6.45, 7) is 6.94. The maximum atomic E-state index is 6.22. The lowest BCUT2D eigenvalue weighted by molar-refractivity contribution is -0.113. The highest BCUT2D eigenvalue weighted by atomic mass is 16.5. The molecule has 1 spiro atoms. The van der Waals surface area contributed by atoms with Crippen molar-refractivity contribution >= 4 is 0 Å². The van der Waals surface area contributed by atoms with Crippen LogP contribution in [-0.2, 0) is 4.74 Å². The Balaban J connectivity index is 1.65. The fraction of sp³-hybridized carbons (Fsp3) is 1.00. The van der Waals surface area contributed by atoms with Gasteiger partial charge in [-0.2, -0.15) is 0 Å². The first-order valence-electron chi connectivity index (χ1n) is 8.53. The van der Waals surface area contributed by atoms with Crippen molar-refractivity contribution < 1.29 is 4.74 Å². The minimum Gasteiger partial charge on any atom is -0.375 e. The van der Waals surface area contributed by atoms with Crippen molar-refractivity contribution in [2.24, 2.45) is 11.3 Å². The minimum absolute atomic E-state index is 0.294. The molecule has 1 saturated heterocycles. The van der Waals surface area contributed by atoms with Crippen molar-refractivity contribution in [3.63, 3.8) is 0 Å². The second kappa shape index (κ2) is 5.37. The van der Waals surface area contributed by atoms with E-state index in [9.17, 15) is 0 Å². The van der Waals surface area contributed by atoms with Gasteiger partial charge >= 0.3 is 0 Å². The molecule has 0 aromatic rings. The van der Waals surface area contributed by atoms with Crippen LogP contribution >= 0.6 is 0 Å². The van der Waals surface area contributed by atoms with Crippen molar-refractivity contribution in [1.82, 2.24) is 5.32 Å². The summed E-state index contributed by atoms with van der Waals surface area (Å²) < 4.78 is 6.22. The first kappa shape index (κ1) is 13.9. The van der Waals surface area contributed by atoms with Gasteiger partial charge in [0.1, 0.15) is 0 Å². The Bertz CT molecular complexity index is 310. The number of hydrogen-bond donors (Lipinski definition) is 1. The maximum Gasteiger partial charge on any atom is 0.0685 e. The van der Waals surface area contributed by atoms with Crippen molar-refractivity contribution in [1.29, 1.82) is 0 Å². The summed E-state index contributed by atoms with van der Waals surface area (Å²) in [5.74, 6) is 0.906. The van der Waals surface area contributed by atoms with Crippen LogP contribution in [0.2, 0.25) is 0 Å². The third kappa shape index (κ3) is 2.71. The van der Waals surface area contributed by atoms with Gasteiger partial charge in [0.25, 0.3) is 0 Å². The van der Waals surface area contributed by atoms with E-state index < -0.39 is 0 Å². The normalized spacial score (nSPS) is 42.0. The molecule has 3 aliphatic rings. The molecule has 2 nitrogen and oxygen atoms in total. The Labute approximate surface area is 118 Å². The molecular formula is C17H31NO. The van der Waals surface area contributed by atoms with E-state index >= 15 is 0 Å². The quantitative estimate of drug-likeness (QED) is 0.836. The molecule has 2 heteroatoms. The predicted octanol–water partition coefficient (Wildman–Crippen LogP) is 3.89. The smallest absolute Gasteiger partial charge is 0.0685 e. The first-order valence-corrected chi connectivity index (χ1v) is 8.53. The molecule has 1 aliphatic heterocycles. The van der Waals surface area contributed by atoms with Crippen LogP contribution in [0, 0.1) is 11.3 Å². The molecule has 3 rings (SSSR count). The van der Waals surface area contributed by atoms with Gasteiger partial charge in [-0.3, -0.25) is 0 Å². The number of rotatable bonds is 3. The van der Waals surface area contributed by atoms with Crippen molar-refractivity contribution in [3.05, 3.63) is 0 Å². The summed E-state index contributed by atoms with van der Waals surface area (Å²) in [7, 11) is 0. The van der Waals surface area contributed by atoms with E-state index in [-0.39, 0.29) is 0 Å². The van der Waals surface area contributed by atoms with Crippen LogP contribution in [0.4, 0.5) is 0 Å². The zero-order valence-electron chi connectivity index (χ0n) is 12.8. The molecule has 0 aromatic heterocycles. The first-order chi connectivity index (χ1) is 9.16. The van der Waals surface area contributed by atoms with E-state index in [1.807, 2.05) is 0 Å². The molecule has 3 fully saturated rings. The third-order valence-corrected chi connectivity index (χ3v) is 6.26. The summed E-state index contributed by atoms with van der Waals surface area (Å²) in [5.41, 5.74) is 0.869. The summed E-state index contributed by atoms with van der Waals surface area (Å²) >= 11 is 0. The van der Waals surface area contributed by atoms with Crippen LogP contribution in [-0.4, -0.2) is 24.8 Å². The van der Waals surface area contributed by atoms with E-state index in [0.717, 1.165) is 25.1 Å². The van der Waals surface area contributed by atoms with Gasteiger partial charge in [0.05, 0.1) is 5.60 Å². The molecule has 2 aliphatic carbocycles. The zero-order valence-corrected chi connectivity index (χ0v) is 12.8. The highest BCUT2D eigenvalue weighted by Crippen LogP contribution is 2.52. The number of nitrogens with one attached hydrogen (secondary N) is 1. The Kier molecular flexibility index (Phi) is 3.92. The lowest BCUT2D eigenvalue weighted by Gasteiger charge is -2.45. The molecule has 110 valence electrons. The summed E-state index contributed by atoms with van der Waals surface area (Å²) in [6, 6.07) is 0.775. The topological polar surface area (TPSA) is 21.3 Å². The highest BCUT2D eigenvalue weighted by Gasteiger charge is 2.48. The molecule has 3 unspecified atom stereocenters. The van der Waals surface area contributed by atoms with Gasteiger partial charge in [-0.15, -0.1) is 0 Å². The van der Waals surface area contributed by atoms with Crippen molar-refractivity contribution in [2.45, 2.75) is 83.3 Å². The van der Waals surface area contributed by atoms with E-state index in [0.29, 0.717) is 11.0 Å². The van der Waals surface area contributed by atoms with E-state index in [1.54, 1.807) is 0 Å². The van der Waals surface area contributed by atoms with Crippen molar-refractivity contribution in [2.75, 3.05) is 13.2 Å². The van der Waals surface area contributed by atoms with Gasteiger partial charge in [0.15, 0.2) is 0 Å². The Morgan fingerprint density at radius 2 is 1.89 bits per heavy atom. The Morgan fingerprint density at radius 1 is 1.11 bits per heavy atom. The van der Waals surface area contributed by atoms with Crippen LogP contribution in [0.3, 0.4) is 0 Å². The van der Waals surface area contributed by atoms with Crippen LogP contribution in [0.1, 0.15) is 71.6 Å². The van der Waals surface area contributed by atoms with Crippen LogP contribution in [0.5, 0.6) is 0 Å². The average Bonchev–Trinajstić information content (AvgIpc) is 2.99. The standard InChI is InChI=1S/C17H31NO/c1-3-18-15-6-10-16(2,13-15)14-7-11-19-17(12-14)8-4-5-9-17/h14-15,18H,3-13H2,1-2H3. The van der Waals surface area contributed by atoms with Crippen molar-refractivity contribution in [3.8, 4) is 0 Å². The molecule has 2 saturated carbocycles. The predicted molar refractivity (Wildman–Crippen MR) is 79.3 cm³/mol. The van der Waals surface area contributed by atoms with Crippen LogP contribution < -0.4 is 5.32 Å². The number of ether oxygens (including phenoxy) is 1. The molecule has 0 bridgehead atoms. The summed E-state index contributed by atoms with van der Waals surface area (Å²) in [6.07, 6.45) is 12.3. The van der Waals surface area contributed by atoms with E-state index in [1.165, 1.54) is 57.8 Å². The summed E-state index contributed by atoms with van der Waals surface area (Å²) in [5, 5.41) is 3.67. The fourth-order valence-corrected chi connectivity index (χ4v) is 5.10. The monoisotopic (exact) mass is 265 g/mol. The lowest BCUT2D eigenvalue weighted by Crippen LogP contribution is -2.42. The molecule has 0 amide bonds. The van der Waals surface area contributed by atoms with Gasteiger partial charge in [-0.25, -0.2) is 0 Å².